The van der Waals surface area contributed by atoms with Gasteiger partial charge in [0.15, 0.2) is 0 Å². The lowest BCUT2D eigenvalue weighted by molar-refractivity contribution is -0.119. The molecule has 0 aliphatic heterocycles. The number of carbonyl (C=O) groups is 1. The zero-order valence-corrected chi connectivity index (χ0v) is 9.63. The molecular weight excluding hydrogens is 226 g/mol. The Morgan fingerprint density at radius 1 is 1.38 bits per heavy atom. The number of carbonyl (C=O) groups excluding carboxylic acids is 1. The third-order valence-corrected chi connectivity index (χ3v) is 3.26. The van der Waals surface area contributed by atoms with Gasteiger partial charge in [0.1, 0.15) is 5.75 Å². The fraction of sp³-hybridized carbons (Fsp3) is 0.417. The first kappa shape index (κ1) is 11.3. The predicted molar refractivity (Wildman–Crippen MR) is 63.7 cm³/mol. The number of rotatable bonds is 2. The molecule has 1 saturated carbocycles. The van der Waals surface area contributed by atoms with E-state index in [-0.39, 0.29) is 17.6 Å². The molecule has 0 radical (unpaired) electrons. The summed E-state index contributed by atoms with van der Waals surface area (Å²) in [6, 6.07) is 4.73. The van der Waals surface area contributed by atoms with E-state index in [2.05, 4.69) is 5.32 Å². The van der Waals surface area contributed by atoms with E-state index in [1.807, 2.05) is 0 Å². The van der Waals surface area contributed by atoms with E-state index in [1.165, 1.54) is 6.07 Å². The number of aromatic hydroxyl groups is 1. The Kier molecular flexibility index (Phi) is 3.34. The average molecular weight is 240 g/mol. The first-order valence-corrected chi connectivity index (χ1v) is 5.84. The third kappa shape index (κ3) is 2.47. The second kappa shape index (κ2) is 4.74. The van der Waals surface area contributed by atoms with E-state index in [9.17, 15) is 9.90 Å². The molecule has 2 N–H and O–H groups in total. The minimum atomic E-state index is -0.00844. The van der Waals surface area contributed by atoms with Crippen molar-refractivity contribution in [1.29, 1.82) is 0 Å². The van der Waals surface area contributed by atoms with Crippen LogP contribution >= 0.6 is 11.6 Å². The van der Waals surface area contributed by atoms with E-state index < -0.39 is 0 Å². The van der Waals surface area contributed by atoms with Crippen molar-refractivity contribution in [2.24, 2.45) is 5.92 Å². The van der Waals surface area contributed by atoms with Crippen LogP contribution in [0.1, 0.15) is 25.7 Å². The number of amides is 1. The molecule has 1 fully saturated rings. The SMILES string of the molecule is O=C(Nc1ccc(Cl)c(O)c1)C1CCCC1. The number of phenols is 1. The van der Waals surface area contributed by atoms with Gasteiger partial charge in [0.2, 0.25) is 5.91 Å². The molecule has 0 unspecified atom stereocenters. The molecule has 3 nitrogen and oxygen atoms in total. The lowest BCUT2D eigenvalue weighted by Crippen LogP contribution is -2.20. The molecule has 0 atom stereocenters. The Hall–Kier alpha value is -1.22. The first-order chi connectivity index (χ1) is 7.66. The van der Waals surface area contributed by atoms with Crippen LogP contribution in [0.2, 0.25) is 5.02 Å². The van der Waals surface area contributed by atoms with Gasteiger partial charge < -0.3 is 10.4 Å². The van der Waals surface area contributed by atoms with Crippen molar-refractivity contribution >= 4 is 23.2 Å². The van der Waals surface area contributed by atoms with Gasteiger partial charge in [0, 0.05) is 17.7 Å². The first-order valence-electron chi connectivity index (χ1n) is 5.46. The number of anilines is 1. The van der Waals surface area contributed by atoms with E-state index in [4.69, 9.17) is 11.6 Å². The highest BCUT2D eigenvalue weighted by molar-refractivity contribution is 6.32. The molecule has 4 heteroatoms. The van der Waals surface area contributed by atoms with Crippen molar-refractivity contribution in [1.82, 2.24) is 0 Å². The second-order valence-electron chi connectivity index (χ2n) is 4.14. The second-order valence-corrected chi connectivity index (χ2v) is 4.54. The highest BCUT2D eigenvalue weighted by Gasteiger charge is 2.22. The maximum atomic E-state index is 11.8. The Labute approximate surface area is 99.4 Å². The van der Waals surface area contributed by atoms with E-state index in [1.54, 1.807) is 12.1 Å². The summed E-state index contributed by atoms with van der Waals surface area (Å²) in [5, 5.41) is 12.5. The van der Waals surface area contributed by atoms with E-state index in [0.29, 0.717) is 10.7 Å². The Balaban J connectivity index is 2.02. The number of benzene rings is 1. The van der Waals surface area contributed by atoms with Gasteiger partial charge in [-0.05, 0) is 25.0 Å². The van der Waals surface area contributed by atoms with Crippen molar-refractivity contribution in [2.45, 2.75) is 25.7 Å². The maximum absolute atomic E-state index is 11.8. The Morgan fingerprint density at radius 3 is 2.69 bits per heavy atom. The zero-order chi connectivity index (χ0) is 11.5. The molecule has 1 aromatic rings. The Morgan fingerprint density at radius 2 is 2.06 bits per heavy atom. The highest BCUT2D eigenvalue weighted by Crippen LogP contribution is 2.29. The average Bonchev–Trinajstić information content (AvgIpc) is 2.77. The van der Waals surface area contributed by atoms with Crippen molar-refractivity contribution in [2.75, 3.05) is 5.32 Å². The number of hydrogen-bond acceptors (Lipinski definition) is 2. The summed E-state index contributed by atoms with van der Waals surface area (Å²) < 4.78 is 0. The number of nitrogens with one attached hydrogen (secondary N) is 1. The Bertz CT molecular complexity index is 400. The lowest BCUT2D eigenvalue weighted by Gasteiger charge is -2.10. The fourth-order valence-electron chi connectivity index (χ4n) is 2.02. The van der Waals surface area contributed by atoms with Crippen LogP contribution in [0.5, 0.6) is 5.75 Å². The van der Waals surface area contributed by atoms with Gasteiger partial charge in [-0.2, -0.15) is 0 Å². The molecular formula is C12H14ClNO2. The van der Waals surface area contributed by atoms with Crippen molar-refractivity contribution in [3.63, 3.8) is 0 Å². The van der Waals surface area contributed by atoms with Gasteiger partial charge in [0.05, 0.1) is 5.02 Å². The van der Waals surface area contributed by atoms with Gasteiger partial charge in [0.25, 0.3) is 0 Å². The van der Waals surface area contributed by atoms with E-state index >= 15 is 0 Å². The molecule has 16 heavy (non-hydrogen) atoms. The summed E-state index contributed by atoms with van der Waals surface area (Å²) in [7, 11) is 0. The van der Waals surface area contributed by atoms with Crippen LogP contribution in [0.15, 0.2) is 18.2 Å². The van der Waals surface area contributed by atoms with Crippen molar-refractivity contribution in [3.05, 3.63) is 23.2 Å². The summed E-state index contributed by atoms with van der Waals surface area (Å²) >= 11 is 5.68. The standard InChI is InChI=1S/C12H14ClNO2/c13-10-6-5-9(7-11(10)15)14-12(16)8-3-1-2-4-8/h5-8,15H,1-4H2,(H,14,16). The maximum Gasteiger partial charge on any atom is 0.227 e. The van der Waals surface area contributed by atoms with Crippen molar-refractivity contribution in [3.8, 4) is 5.75 Å². The van der Waals surface area contributed by atoms with E-state index in [0.717, 1.165) is 25.7 Å². The van der Waals surface area contributed by atoms with Gasteiger partial charge in [-0.3, -0.25) is 4.79 Å². The molecule has 1 aliphatic carbocycles. The molecule has 0 saturated heterocycles. The zero-order valence-electron chi connectivity index (χ0n) is 8.87. The van der Waals surface area contributed by atoms with Crippen LogP contribution in [-0.2, 0) is 4.79 Å². The van der Waals surface area contributed by atoms with Crippen LogP contribution in [0.25, 0.3) is 0 Å². The molecule has 0 heterocycles. The van der Waals surface area contributed by atoms with Gasteiger partial charge in [-0.15, -0.1) is 0 Å². The quantitative estimate of drug-likeness (QED) is 0.833. The molecule has 1 aliphatic rings. The number of halogens is 1. The van der Waals surface area contributed by atoms with Gasteiger partial charge >= 0.3 is 0 Å². The molecule has 2 rings (SSSR count). The summed E-state index contributed by atoms with van der Waals surface area (Å²) in [6.07, 6.45) is 4.19. The molecule has 86 valence electrons. The molecule has 0 bridgehead atoms. The third-order valence-electron chi connectivity index (χ3n) is 2.94. The van der Waals surface area contributed by atoms with Crippen molar-refractivity contribution < 1.29 is 9.90 Å². The van der Waals surface area contributed by atoms with Gasteiger partial charge in [-0.1, -0.05) is 24.4 Å². The fourth-order valence-corrected chi connectivity index (χ4v) is 2.14. The summed E-state index contributed by atoms with van der Waals surface area (Å²) in [5.41, 5.74) is 0.596. The minimum Gasteiger partial charge on any atom is -0.506 e. The smallest absolute Gasteiger partial charge is 0.227 e. The van der Waals surface area contributed by atoms with Crippen LogP contribution in [0.3, 0.4) is 0 Å². The van der Waals surface area contributed by atoms with Gasteiger partial charge in [-0.25, -0.2) is 0 Å². The minimum absolute atomic E-state index is 0.00844. The lowest BCUT2D eigenvalue weighted by atomic mass is 10.1. The summed E-state index contributed by atoms with van der Waals surface area (Å²) in [5.74, 6) is 0.155. The molecule has 0 aromatic heterocycles. The van der Waals surface area contributed by atoms with Crippen LogP contribution in [0.4, 0.5) is 5.69 Å². The monoisotopic (exact) mass is 239 g/mol. The van der Waals surface area contributed by atoms with Crippen LogP contribution in [-0.4, -0.2) is 11.0 Å². The summed E-state index contributed by atoms with van der Waals surface area (Å²) in [6.45, 7) is 0. The highest BCUT2D eigenvalue weighted by atomic mass is 35.5. The molecule has 1 amide bonds. The predicted octanol–water partition coefficient (Wildman–Crippen LogP) is 3.17. The number of phenolic OH excluding ortho intramolecular Hbond substituents is 1. The molecule has 0 spiro atoms. The molecule has 1 aromatic carbocycles. The largest absolute Gasteiger partial charge is 0.506 e. The van der Waals surface area contributed by atoms with Crippen LogP contribution in [0, 0.1) is 5.92 Å². The summed E-state index contributed by atoms with van der Waals surface area (Å²) in [4.78, 5) is 11.8. The normalized spacial score (nSPS) is 16.3. The van der Waals surface area contributed by atoms with Crippen LogP contribution < -0.4 is 5.32 Å². The number of hydrogen-bond donors (Lipinski definition) is 2. The topological polar surface area (TPSA) is 49.3 Å².